The van der Waals surface area contributed by atoms with Crippen molar-refractivity contribution in [2.24, 2.45) is 0 Å². The summed E-state index contributed by atoms with van der Waals surface area (Å²) in [5, 5.41) is 11.3. The van der Waals surface area contributed by atoms with Crippen molar-refractivity contribution in [2.75, 3.05) is 5.75 Å². The lowest BCUT2D eigenvalue weighted by Gasteiger charge is -2.33. The summed E-state index contributed by atoms with van der Waals surface area (Å²) >= 11 is -1.07. The normalized spacial score (nSPS) is 21.8. The highest BCUT2D eigenvalue weighted by Gasteiger charge is 2.36. The molecule has 0 aliphatic carbocycles. The predicted molar refractivity (Wildman–Crippen MR) is 129 cm³/mol. The molecule has 2 aromatic rings. The topological polar surface area (TPSA) is 58.9 Å². The predicted octanol–water partition coefficient (Wildman–Crippen LogP) is 5.83. The van der Waals surface area contributed by atoms with E-state index < -0.39 is 11.2 Å². The van der Waals surface area contributed by atoms with Crippen molar-refractivity contribution in [3.8, 4) is 23.0 Å². The van der Waals surface area contributed by atoms with Gasteiger partial charge in [0, 0.05) is 0 Å². The van der Waals surface area contributed by atoms with Crippen LogP contribution in [0, 0.1) is 30.0 Å². The SMILES string of the molecule is CC#Cc1cc(-c2cc(C3C[S+]([O-])C(CC)C(=N)N3)ccc2C)c(C(C)CC)cc1F. The van der Waals surface area contributed by atoms with E-state index in [2.05, 4.69) is 50.1 Å². The summed E-state index contributed by atoms with van der Waals surface area (Å²) in [5.74, 6) is 6.44. The first-order chi connectivity index (χ1) is 14.8. The zero-order valence-corrected chi connectivity index (χ0v) is 19.8. The van der Waals surface area contributed by atoms with Crippen molar-refractivity contribution in [1.29, 1.82) is 5.41 Å². The molecule has 2 aromatic carbocycles. The van der Waals surface area contributed by atoms with Crippen LogP contribution in [0.4, 0.5) is 4.39 Å². The molecule has 4 unspecified atom stereocenters. The summed E-state index contributed by atoms with van der Waals surface area (Å²) in [5.41, 5.74) is 5.49. The van der Waals surface area contributed by atoms with Gasteiger partial charge in [0.05, 0.1) is 11.6 Å². The highest BCUT2D eigenvalue weighted by molar-refractivity contribution is 7.92. The van der Waals surface area contributed by atoms with Gasteiger partial charge < -0.3 is 9.87 Å². The van der Waals surface area contributed by atoms with Crippen molar-refractivity contribution >= 4 is 17.0 Å². The maximum Gasteiger partial charge on any atom is 0.171 e. The number of halogens is 1. The number of nitrogens with one attached hydrogen (secondary N) is 2. The van der Waals surface area contributed by atoms with E-state index in [0.29, 0.717) is 23.6 Å². The molecule has 1 aliphatic heterocycles. The lowest BCUT2D eigenvalue weighted by atomic mass is 9.86. The molecule has 164 valence electrons. The Bertz CT molecular complexity index is 1040. The molecule has 1 heterocycles. The summed E-state index contributed by atoms with van der Waals surface area (Å²) in [6, 6.07) is 9.52. The Morgan fingerprint density at radius 3 is 2.61 bits per heavy atom. The Labute approximate surface area is 188 Å². The number of benzene rings is 2. The molecule has 0 saturated carbocycles. The maximum atomic E-state index is 14.7. The second-order valence-electron chi connectivity index (χ2n) is 8.23. The van der Waals surface area contributed by atoms with Gasteiger partial charge in [0.2, 0.25) is 0 Å². The average Bonchev–Trinajstić information content (AvgIpc) is 2.74. The first-order valence-corrected chi connectivity index (χ1v) is 12.3. The van der Waals surface area contributed by atoms with Gasteiger partial charge in [0.15, 0.2) is 5.25 Å². The Hall–Kier alpha value is -2.29. The molecule has 3 rings (SSSR count). The van der Waals surface area contributed by atoms with Crippen LogP contribution in [-0.2, 0) is 11.2 Å². The van der Waals surface area contributed by atoms with Crippen molar-refractivity contribution in [3.05, 3.63) is 58.4 Å². The van der Waals surface area contributed by atoms with Gasteiger partial charge in [-0.3, -0.25) is 5.41 Å². The minimum Gasteiger partial charge on any atom is -0.616 e. The fourth-order valence-corrected chi connectivity index (χ4v) is 5.67. The van der Waals surface area contributed by atoms with E-state index in [9.17, 15) is 8.94 Å². The number of aryl methyl sites for hydroxylation is 1. The molecule has 0 radical (unpaired) electrons. The lowest BCUT2D eigenvalue weighted by molar-refractivity contribution is 0.559. The van der Waals surface area contributed by atoms with Gasteiger partial charge in [-0.1, -0.05) is 38.8 Å². The Morgan fingerprint density at radius 2 is 2.00 bits per heavy atom. The summed E-state index contributed by atoms with van der Waals surface area (Å²) in [6.07, 6.45) is 1.60. The van der Waals surface area contributed by atoms with Crippen LogP contribution in [0.1, 0.15) is 74.8 Å². The van der Waals surface area contributed by atoms with Gasteiger partial charge in [-0.25, -0.2) is 4.39 Å². The van der Waals surface area contributed by atoms with Gasteiger partial charge in [-0.2, -0.15) is 0 Å². The van der Waals surface area contributed by atoms with Crippen LogP contribution >= 0.6 is 0 Å². The van der Waals surface area contributed by atoms with Crippen LogP contribution in [-0.4, -0.2) is 21.4 Å². The zero-order valence-electron chi connectivity index (χ0n) is 18.9. The Kier molecular flexibility index (Phi) is 7.46. The van der Waals surface area contributed by atoms with Gasteiger partial charge in [-0.05, 0) is 89.8 Å². The molecule has 3 nitrogen and oxygen atoms in total. The highest BCUT2D eigenvalue weighted by atomic mass is 32.2. The molecule has 1 aliphatic rings. The smallest absolute Gasteiger partial charge is 0.171 e. The number of hydrogen-bond acceptors (Lipinski definition) is 2. The van der Waals surface area contributed by atoms with Crippen LogP contribution in [0.15, 0.2) is 30.3 Å². The zero-order chi connectivity index (χ0) is 22.7. The van der Waals surface area contributed by atoms with Crippen LogP contribution < -0.4 is 5.32 Å². The third-order valence-electron chi connectivity index (χ3n) is 6.17. The van der Waals surface area contributed by atoms with Crippen LogP contribution in [0.2, 0.25) is 0 Å². The second kappa shape index (κ2) is 9.89. The first kappa shape index (κ1) is 23.4. The number of rotatable bonds is 5. The van der Waals surface area contributed by atoms with E-state index in [-0.39, 0.29) is 23.0 Å². The largest absolute Gasteiger partial charge is 0.616 e. The monoisotopic (exact) mass is 438 g/mol. The Morgan fingerprint density at radius 1 is 1.26 bits per heavy atom. The lowest BCUT2D eigenvalue weighted by Crippen LogP contribution is -2.49. The average molecular weight is 439 g/mol. The molecule has 1 fully saturated rings. The molecule has 2 N–H and O–H groups in total. The van der Waals surface area contributed by atoms with E-state index >= 15 is 0 Å². The van der Waals surface area contributed by atoms with E-state index in [1.54, 1.807) is 13.0 Å². The van der Waals surface area contributed by atoms with Gasteiger partial charge >= 0.3 is 0 Å². The fourth-order valence-electron chi connectivity index (χ4n) is 4.13. The van der Waals surface area contributed by atoms with Crippen LogP contribution in [0.5, 0.6) is 0 Å². The molecule has 4 atom stereocenters. The quantitative estimate of drug-likeness (QED) is 0.455. The first-order valence-electron chi connectivity index (χ1n) is 10.9. The molecule has 0 amide bonds. The minimum atomic E-state index is -1.07. The van der Waals surface area contributed by atoms with Gasteiger partial charge in [0.1, 0.15) is 17.4 Å². The number of amidine groups is 1. The highest BCUT2D eigenvalue weighted by Crippen LogP contribution is 2.36. The molecule has 0 spiro atoms. The van der Waals surface area contributed by atoms with Crippen LogP contribution in [0.25, 0.3) is 11.1 Å². The van der Waals surface area contributed by atoms with E-state index in [1.807, 2.05) is 19.1 Å². The van der Waals surface area contributed by atoms with Crippen molar-refractivity contribution in [1.82, 2.24) is 5.32 Å². The third-order valence-corrected chi connectivity index (χ3v) is 8.03. The molecular weight excluding hydrogens is 407 g/mol. The van der Waals surface area contributed by atoms with Crippen molar-refractivity contribution in [2.45, 2.75) is 64.7 Å². The molecule has 0 bridgehead atoms. The second-order valence-corrected chi connectivity index (χ2v) is 9.90. The maximum absolute atomic E-state index is 14.7. The van der Waals surface area contributed by atoms with E-state index in [0.717, 1.165) is 34.2 Å². The van der Waals surface area contributed by atoms with E-state index in [4.69, 9.17) is 5.41 Å². The van der Waals surface area contributed by atoms with Crippen molar-refractivity contribution in [3.63, 3.8) is 0 Å². The summed E-state index contributed by atoms with van der Waals surface area (Å²) in [6.45, 7) is 9.94. The molecular formula is C26H31FN2OS. The van der Waals surface area contributed by atoms with E-state index in [1.165, 1.54) is 0 Å². The molecule has 31 heavy (non-hydrogen) atoms. The fraction of sp³-hybridized carbons (Fsp3) is 0.423. The summed E-state index contributed by atoms with van der Waals surface area (Å²) in [7, 11) is 0. The minimum absolute atomic E-state index is 0.169. The standard InChI is InChI=1S/C26H31FN2OS/c1-6-9-18-12-22(21(14-23(18)27)16(4)7-2)20-13-19(11-10-17(20)5)24-15-31(30)25(8-3)26(28)29-24/h10-14,16,24-25H,7-8,15H2,1-5H3,(H2,28,29). The molecule has 0 aromatic heterocycles. The third kappa shape index (κ3) is 4.81. The number of hydrogen-bond donors (Lipinski definition) is 2. The molecule has 1 saturated heterocycles. The summed E-state index contributed by atoms with van der Waals surface area (Å²) < 4.78 is 27.3. The van der Waals surface area contributed by atoms with Crippen LogP contribution in [0.3, 0.4) is 0 Å². The van der Waals surface area contributed by atoms with Crippen molar-refractivity contribution < 1.29 is 8.94 Å². The van der Waals surface area contributed by atoms with Gasteiger partial charge in [-0.15, -0.1) is 5.92 Å². The summed E-state index contributed by atoms with van der Waals surface area (Å²) in [4.78, 5) is 0. The van der Waals surface area contributed by atoms with Gasteiger partial charge in [0.25, 0.3) is 0 Å². The Balaban J connectivity index is 2.10. The molecule has 5 heteroatoms.